The summed E-state index contributed by atoms with van der Waals surface area (Å²) in [5, 5.41) is 11.0. The highest BCUT2D eigenvalue weighted by Crippen LogP contribution is 2.14. The molecule has 0 saturated carbocycles. The van der Waals surface area contributed by atoms with Crippen LogP contribution < -0.4 is 5.73 Å². The number of nitrogens with two attached hydrogens (primary N) is 1. The summed E-state index contributed by atoms with van der Waals surface area (Å²) in [6.07, 6.45) is 1.56. The van der Waals surface area contributed by atoms with Crippen LogP contribution in [0.5, 0.6) is 0 Å². The molecule has 0 spiro atoms. The minimum Gasteiger partial charge on any atom is -0.370 e. The van der Waals surface area contributed by atoms with Gasteiger partial charge in [0.1, 0.15) is 6.33 Å². The molecule has 2 N–H and O–H groups in total. The van der Waals surface area contributed by atoms with Crippen molar-refractivity contribution in [2.75, 3.05) is 6.54 Å². The van der Waals surface area contributed by atoms with Crippen LogP contribution in [0.15, 0.2) is 60.9 Å². The second-order valence-electron chi connectivity index (χ2n) is 5.73. The fourth-order valence-corrected chi connectivity index (χ4v) is 2.54. The van der Waals surface area contributed by atoms with Crippen LogP contribution in [0.25, 0.3) is 5.69 Å². The lowest BCUT2D eigenvalue weighted by Crippen LogP contribution is -2.33. The molecule has 0 atom stereocenters. The topological polar surface area (TPSA) is 107 Å². The summed E-state index contributed by atoms with van der Waals surface area (Å²) in [5.41, 5.74) is 7.39. The van der Waals surface area contributed by atoms with Gasteiger partial charge in [-0.25, -0.2) is 4.68 Å². The van der Waals surface area contributed by atoms with Crippen LogP contribution in [0.3, 0.4) is 0 Å². The van der Waals surface area contributed by atoms with Crippen molar-refractivity contribution in [3.63, 3.8) is 0 Å². The summed E-state index contributed by atoms with van der Waals surface area (Å²) >= 11 is 0. The zero-order valence-corrected chi connectivity index (χ0v) is 14.0. The summed E-state index contributed by atoms with van der Waals surface area (Å²) < 4.78 is 1.47. The highest BCUT2D eigenvalue weighted by Gasteiger charge is 2.17. The van der Waals surface area contributed by atoms with E-state index in [-0.39, 0.29) is 18.9 Å². The predicted molar refractivity (Wildman–Crippen MR) is 94.1 cm³/mol. The Hall–Kier alpha value is -3.55. The van der Waals surface area contributed by atoms with Gasteiger partial charge in [0.05, 0.1) is 5.69 Å². The molecule has 26 heavy (non-hydrogen) atoms. The zero-order valence-electron chi connectivity index (χ0n) is 14.0. The summed E-state index contributed by atoms with van der Waals surface area (Å²) in [6, 6.07) is 16.6. The van der Waals surface area contributed by atoms with Crippen molar-refractivity contribution in [2.45, 2.75) is 13.0 Å². The lowest BCUT2D eigenvalue weighted by Gasteiger charge is -2.22. The summed E-state index contributed by atoms with van der Waals surface area (Å²) in [5.74, 6) is -0.636. The van der Waals surface area contributed by atoms with Crippen LogP contribution >= 0.6 is 0 Å². The molecule has 2 amide bonds. The Morgan fingerprint density at radius 1 is 1.08 bits per heavy atom. The van der Waals surface area contributed by atoms with E-state index in [0.29, 0.717) is 17.8 Å². The van der Waals surface area contributed by atoms with Crippen molar-refractivity contribution in [3.8, 4) is 5.69 Å². The highest BCUT2D eigenvalue weighted by atomic mass is 16.2. The van der Waals surface area contributed by atoms with Gasteiger partial charge < -0.3 is 10.6 Å². The van der Waals surface area contributed by atoms with Crippen LogP contribution in [-0.4, -0.2) is 43.5 Å². The molecule has 132 valence electrons. The molecular formula is C18H18N6O2. The van der Waals surface area contributed by atoms with Crippen molar-refractivity contribution in [3.05, 3.63) is 72.1 Å². The molecular weight excluding hydrogens is 332 g/mol. The minimum absolute atomic E-state index is 0.102. The van der Waals surface area contributed by atoms with Gasteiger partial charge in [-0.05, 0) is 34.2 Å². The molecule has 3 aromatic rings. The Kier molecular flexibility index (Phi) is 5.33. The van der Waals surface area contributed by atoms with E-state index < -0.39 is 5.91 Å². The number of amides is 2. The third-order valence-electron chi connectivity index (χ3n) is 3.84. The van der Waals surface area contributed by atoms with E-state index in [0.717, 1.165) is 5.56 Å². The number of aromatic nitrogens is 4. The molecule has 8 heteroatoms. The van der Waals surface area contributed by atoms with Crippen LogP contribution in [-0.2, 0) is 11.3 Å². The Bertz CT molecular complexity index is 880. The van der Waals surface area contributed by atoms with E-state index in [2.05, 4.69) is 15.5 Å². The highest BCUT2D eigenvalue weighted by molar-refractivity contribution is 5.95. The van der Waals surface area contributed by atoms with Crippen LogP contribution in [0.2, 0.25) is 0 Å². The number of benzene rings is 2. The van der Waals surface area contributed by atoms with Crippen molar-refractivity contribution < 1.29 is 9.59 Å². The molecule has 0 bridgehead atoms. The van der Waals surface area contributed by atoms with E-state index in [1.165, 1.54) is 11.0 Å². The van der Waals surface area contributed by atoms with Gasteiger partial charge in [-0.1, -0.05) is 36.4 Å². The average molecular weight is 350 g/mol. The first-order valence-corrected chi connectivity index (χ1v) is 8.08. The van der Waals surface area contributed by atoms with E-state index in [4.69, 9.17) is 5.73 Å². The third kappa shape index (κ3) is 4.29. The van der Waals surface area contributed by atoms with E-state index in [9.17, 15) is 9.59 Å². The molecule has 0 aliphatic heterocycles. The molecule has 3 rings (SSSR count). The normalized spacial score (nSPS) is 10.5. The first-order valence-electron chi connectivity index (χ1n) is 8.08. The maximum Gasteiger partial charge on any atom is 0.254 e. The second kappa shape index (κ2) is 8.02. The van der Waals surface area contributed by atoms with E-state index >= 15 is 0 Å². The number of hydrogen-bond donors (Lipinski definition) is 1. The average Bonchev–Trinajstić information content (AvgIpc) is 3.20. The van der Waals surface area contributed by atoms with Crippen LogP contribution in [0.1, 0.15) is 22.3 Å². The molecule has 1 heterocycles. The van der Waals surface area contributed by atoms with E-state index in [1.54, 1.807) is 29.2 Å². The summed E-state index contributed by atoms with van der Waals surface area (Å²) in [6.45, 7) is 0.639. The number of primary amides is 1. The predicted octanol–water partition coefficient (Wildman–Crippen LogP) is 1.18. The maximum absolute atomic E-state index is 13.0. The molecule has 0 aliphatic rings. The molecule has 2 aromatic carbocycles. The van der Waals surface area contributed by atoms with Gasteiger partial charge in [-0.15, -0.1) is 5.10 Å². The number of carbonyl (C=O) groups excluding carboxylic acids is 2. The van der Waals surface area contributed by atoms with Crippen LogP contribution in [0, 0.1) is 0 Å². The van der Waals surface area contributed by atoms with Gasteiger partial charge in [0.25, 0.3) is 5.91 Å². The number of carbonyl (C=O) groups is 2. The Morgan fingerprint density at radius 3 is 2.58 bits per heavy atom. The van der Waals surface area contributed by atoms with Gasteiger partial charge in [0, 0.05) is 25.1 Å². The van der Waals surface area contributed by atoms with Crippen molar-refractivity contribution >= 4 is 11.8 Å². The summed E-state index contributed by atoms with van der Waals surface area (Å²) in [4.78, 5) is 25.8. The van der Waals surface area contributed by atoms with Gasteiger partial charge in [0.15, 0.2) is 0 Å². The fourth-order valence-electron chi connectivity index (χ4n) is 2.54. The third-order valence-corrected chi connectivity index (χ3v) is 3.84. The maximum atomic E-state index is 13.0. The molecule has 8 nitrogen and oxygen atoms in total. The molecule has 0 radical (unpaired) electrons. The first kappa shape index (κ1) is 17.3. The Balaban J connectivity index is 1.84. The molecule has 0 unspecified atom stereocenters. The fraction of sp³-hybridized carbons (Fsp3) is 0.167. The lowest BCUT2D eigenvalue weighted by molar-refractivity contribution is -0.118. The standard InChI is InChI=1S/C18H18N6O2/c19-17(25)9-10-23(12-14-5-2-1-3-6-14)18(26)15-7-4-8-16(11-15)24-13-20-21-22-24/h1-8,11,13H,9-10,12H2,(H2,19,25). The molecule has 0 aliphatic carbocycles. The number of rotatable bonds is 7. The monoisotopic (exact) mass is 350 g/mol. The van der Waals surface area contributed by atoms with Crippen molar-refractivity contribution in [1.82, 2.24) is 25.1 Å². The van der Waals surface area contributed by atoms with Crippen molar-refractivity contribution in [1.29, 1.82) is 0 Å². The molecule has 0 fully saturated rings. The van der Waals surface area contributed by atoms with Crippen LogP contribution in [0.4, 0.5) is 0 Å². The summed E-state index contributed by atoms with van der Waals surface area (Å²) in [7, 11) is 0. The number of hydrogen-bond acceptors (Lipinski definition) is 5. The number of nitrogens with zero attached hydrogens (tertiary/aromatic N) is 5. The van der Waals surface area contributed by atoms with Gasteiger partial charge in [0.2, 0.25) is 5.91 Å². The molecule has 0 saturated heterocycles. The Morgan fingerprint density at radius 2 is 1.88 bits per heavy atom. The SMILES string of the molecule is NC(=O)CCN(Cc1ccccc1)C(=O)c1cccc(-n2cnnn2)c1. The van der Waals surface area contributed by atoms with Gasteiger partial charge in [-0.2, -0.15) is 0 Å². The zero-order chi connectivity index (χ0) is 18.4. The molecule has 1 aromatic heterocycles. The number of tetrazole rings is 1. The second-order valence-corrected chi connectivity index (χ2v) is 5.73. The largest absolute Gasteiger partial charge is 0.370 e. The van der Waals surface area contributed by atoms with E-state index in [1.807, 2.05) is 30.3 Å². The van der Waals surface area contributed by atoms with Crippen molar-refractivity contribution in [2.24, 2.45) is 5.73 Å². The first-order chi connectivity index (χ1) is 12.6. The van der Waals surface area contributed by atoms with Gasteiger partial charge in [-0.3, -0.25) is 9.59 Å². The minimum atomic E-state index is -0.446. The smallest absolute Gasteiger partial charge is 0.254 e. The van der Waals surface area contributed by atoms with Gasteiger partial charge >= 0.3 is 0 Å². The Labute approximate surface area is 150 Å². The lowest BCUT2D eigenvalue weighted by atomic mass is 10.1. The quantitative estimate of drug-likeness (QED) is 0.688.